The third-order valence-electron chi connectivity index (χ3n) is 23.0. The van der Waals surface area contributed by atoms with Crippen LogP contribution in [0.25, 0.3) is 0 Å². The summed E-state index contributed by atoms with van der Waals surface area (Å²) in [4.78, 5) is 59.3. The molecule has 772 valence electrons. The van der Waals surface area contributed by atoms with Crippen molar-refractivity contribution in [3.63, 3.8) is 0 Å². The van der Waals surface area contributed by atoms with Crippen LogP contribution in [-0.4, -0.2) is 95.9 Å². The van der Waals surface area contributed by atoms with Crippen LogP contribution in [0.5, 0.6) is 0 Å². The van der Waals surface area contributed by atoms with Crippen LogP contribution in [0.2, 0.25) is 0 Å². The number of carbonyl (C=O) groups is 3. The highest BCUT2D eigenvalue weighted by Crippen LogP contribution is 2.45. The molecule has 5 unspecified atom stereocenters. The number of hydrogen-bond donors (Lipinski definition) is 4. The van der Waals surface area contributed by atoms with Gasteiger partial charge in [-0.2, -0.15) is 0 Å². The molecule has 0 aliphatic carbocycles. The molecule has 0 aromatic carbocycles. The molecule has 0 amide bonds. The fourth-order valence-electron chi connectivity index (χ4n) is 14.9. The van der Waals surface area contributed by atoms with Crippen molar-refractivity contribution < 1.29 is 75.8 Å². The molecule has 0 spiro atoms. The number of phosphoric ester groups is 2. The Bertz CT molecular complexity index is 3290. The van der Waals surface area contributed by atoms with Crippen LogP contribution >= 0.6 is 15.6 Å². The van der Waals surface area contributed by atoms with Crippen molar-refractivity contribution in [3.05, 3.63) is 207 Å². The van der Waals surface area contributed by atoms with Gasteiger partial charge in [0.1, 0.15) is 25.4 Å². The molecule has 18 heteroatoms. The second-order valence-corrected chi connectivity index (χ2v) is 38.9. The molecular formula is C117H198O16P2. The average molecular weight is 1920 g/mol. The zero-order valence-electron chi connectivity index (χ0n) is 85.8. The molecule has 0 aromatic heterocycles. The quantitative estimate of drug-likeness (QED) is 0.0146. The topological polar surface area (TPSA) is 231 Å². The highest BCUT2D eigenvalue weighted by Gasteiger charge is 2.30. The Hall–Kier alpha value is -5.87. The van der Waals surface area contributed by atoms with Crippen LogP contribution in [0, 0.1) is 0 Å². The van der Waals surface area contributed by atoms with Crippen molar-refractivity contribution in [2.45, 2.75) is 476 Å². The Balaban J connectivity index is 4.61. The van der Waals surface area contributed by atoms with Crippen molar-refractivity contribution >= 4 is 33.6 Å². The second kappa shape index (κ2) is 107. The summed E-state index contributed by atoms with van der Waals surface area (Å²) in [6.07, 6.45) is 146. The Morgan fingerprint density at radius 1 is 0.207 bits per heavy atom. The highest BCUT2D eigenvalue weighted by atomic mass is 31.2. The highest BCUT2D eigenvalue weighted by molar-refractivity contribution is 7.47. The number of rotatable bonds is 102. The van der Waals surface area contributed by atoms with Gasteiger partial charge in [-0.05, 0) is 167 Å². The normalized spacial score (nSPS) is 14.4. The summed E-state index contributed by atoms with van der Waals surface area (Å²) in [6, 6.07) is 0. The van der Waals surface area contributed by atoms with Gasteiger partial charge in [-0.25, -0.2) is 9.13 Å². The number of ether oxygens (including phenoxy) is 3. The van der Waals surface area contributed by atoms with E-state index in [1.165, 1.54) is 205 Å². The molecule has 0 saturated heterocycles. The van der Waals surface area contributed by atoms with Crippen molar-refractivity contribution in [1.29, 1.82) is 0 Å². The van der Waals surface area contributed by atoms with Gasteiger partial charge >= 0.3 is 33.6 Å². The minimum atomic E-state index is -4.95. The number of allylic oxidation sites excluding steroid dienone is 34. The maximum atomic E-state index is 13.2. The lowest BCUT2D eigenvalue weighted by atomic mass is 10.0. The molecule has 0 saturated carbocycles. The van der Waals surface area contributed by atoms with E-state index in [0.29, 0.717) is 19.3 Å². The minimum absolute atomic E-state index is 0.100. The number of unbranched alkanes of at least 4 members (excludes halogenated alkanes) is 45. The van der Waals surface area contributed by atoms with E-state index in [0.717, 1.165) is 193 Å². The Morgan fingerprint density at radius 3 is 0.585 bits per heavy atom. The van der Waals surface area contributed by atoms with Crippen LogP contribution in [0.15, 0.2) is 207 Å². The maximum Gasteiger partial charge on any atom is 0.472 e. The van der Waals surface area contributed by atoms with Crippen molar-refractivity contribution in [1.82, 2.24) is 0 Å². The van der Waals surface area contributed by atoms with Crippen LogP contribution in [0.4, 0.5) is 0 Å². The molecule has 0 aliphatic rings. The lowest BCUT2D eigenvalue weighted by Crippen LogP contribution is -2.30. The fraction of sp³-hybridized carbons (Fsp3) is 0.684. The first kappa shape index (κ1) is 129. The average Bonchev–Trinajstić information content (AvgIpc) is 0.900. The monoisotopic (exact) mass is 1920 g/mol. The predicted octanol–water partition coefficient (Wildman–Crippen LogP) is 35.0. The van der Waals surface area contributed by atoms with Gasteiger partial charge < -0.3 is 34.2 Å². The SMILES string of the molecule is CC/C=C\C/C=C\C/C=C\C/C=C\C/C=C\C/C=C\CCCCCCCCCCCCCCCCCCC(=O)OCC(O)COP(=O)(O)OCC(O)COP(=O)(O)OCC(COC(=O)CCCCCCCCCCCCCCCC/C=C\C/C=C\C/C=C\C/C=C\C/C=C\C/C=C\CC)OC(=O)CCCCCCCCCCCCCCCCC/C=C\C/C=C\C/C=C\C/C=C\C/C=C\CC. The first-order chi connectivity index (χ1) is 66.2. The first-order valence-corrected chi connectivity index (χ1v) is 57.4. The van der Waals surface area contributed by atoms with E-state index in [4.69, 9.17) is 32.3 Å². The van der Waals surface area contributed by atoms with Gasteiger partial charge in [-0.15, -0.1) is 0 Å². The summed E-state index contributed by atoms with van der Waals surface area (Å²) in [5.74, 6) is -1.56. The molecule has 0 heterocycles. The number of carbonyl (C=O) groups excluding carboxylic acids is 3. The molecule has 0 bridgehead atoms. The van der Waals surface area contributed by atoms with E-state index in [2.05, 4.69) is 227 Å². The lowest BCUT2D eigenvalue weighted by Gasteiger charge is -2.21. The Labute approximate surface area is 826 Å². The van der Waals surface area contributed by atoms with Crippen LogP contribution < -0.4 is 0 Å². The third-order valence-corrected chi connectivity index (χ3v) is 24.9. The maximum absolute atomic E-state index is 13.2. The molecule has 0 radical (unpaired) electrons. The van der Waals surface area contributed by atoms with Gasteiger partial charge in [-0.3, -0.25) is 32.5 Å². The van der Waals surface area contributed by atoms with Crippen molar-refractivity contribution in [2.75, 3.05) is 39.6 Å². The number of hydrogen-bond acceptors (Lipinski definition) is 14. The molecule has 5 atom stereocenters. The van der Waals surface area contributed by atoms with E-state index in [9.17, 15) is 43.5 Å². The zero-order chi connectivity index (χ0) is 97.8. The van der Waals surface area contributed by atoms with E-state index in [1.807, 2.05) is 0 Å². The zero-order valence-corrected chi connectivity index (χ0v) is 87.6. The number of phosphoric acid groups is 2. The minimum Gasteiger partial charge on any atom is -0.463 e. The van der Waals surface area contributed by atoms with Gasteiger partial charge in [0.05, 0.1) is 26.4 Å². The standard InChI is InChI=1S/C117H198O16P2/c1-4-7-10-13-16-19-22-25-28-31-34-37-40-43-46-49-52-54-55-57-60-61-64-67-70-73-76-79-82-85-88-91-94-97-100-103-115(120)127-106-112(118)107-129-134(123,124)130-108-113(119)109-131-135(125,126)132-111-114(133-117(122)105-102-99-96-93-90-87-84-81-78-75-72-69-66-63-58-51-48-45-42-39-36-33-30-27-24-21-18-15-12-9-6-3)110-128-116(121)104-101-98-95-92-89-86-83-80-77-74-71-68-65-62-59-56-53-50-47-44-41-38-35-32-29-26-23-20-17-14-11-8-5-2/h7-12,16-21,25-30,34-39,43-48,52-54,56,112-114,118-119H,4-6,13-15,22-24,31-33,40-42,49-51,55,57-111H2,1-3H3,(H,123,124)(H,125,126)/b10-7-,11-8-,12-9-,19-16-,20-17-,21-18-,28-25-,29-26-,30-27-,37-34-,38-35-,39-36-,46-43-,47-44-,48-45-,54-52-,56-53-. The molecule has 0 aromatic rings. The molecule has 135 heavy (non-hydrogen) atoms. The van der Waals surface area contributed by atoms with Crippen LogP contribution in [-0.2, 0) is 55.8 Å². The van der Waals surface area contributed by atoms with Gasteiger partial charge in [-0.1, -0.05) is 478 Å². The first-order valence-electron chi connectivity index (χ1n) is 54.4. The summed E-state index contributed by atoms with van der Waals surface area (Å²) >= 11 is 0. The van der Waals surface area contributed by atoms with Crippen molar-refractivity contribution in [3.8, 4) is 0 Å². The van der Waals surface area contributed by atoms with Gasteiger partial charge in [0, 0.05) is 19.3 Å². The van der Waals surface area contributed by atoms with Crippen LogP contribution in [0.1, 0.15) is 457 Å². The molecule has 4 N–H and O–H groups in total. The van der Waals surface area contributed by atoms with E-state index >= 15 is 0 Å². The predicted molar refractivity (Wildman–Crippen MR) is 574 cm³/mol. The second-order valence-electron chi connectivity index (χ2n) is 36.0. The molecule has 0 aliphatic heterocycles. The molecule has 0 fully saturated rings. The Kier molecular flexibility index (Phi) is 102. The summed E-state index contributed by atoms with van der Waals surface area (Å²) < 4.78 is 61.8. The fourth-order valence-corrected chi connectivity index (χ4v) is 16.5. The molecule has 0 rings (SSSR count). The van der Waals surface area contributed by atoms with E-state index in [1.54, 1.807) is 0 Å². The third kappa shape index (κ3) is 108. The summed E-state index contributed by atoms with van der Waals surface area (Å²) in [7, 11) is -9.83. The summed E-state index contributed by atoms with van der Waals surface area (Å²) in [5, 5.41) is 20.8. The largest absolute Gasteiger partial charge is 0.472 e. The summed E-state index contributed by atoms with van der Waals surface area (Å²) in [5.41, 5.74) is 0. The van der Waals surface area contributed by atoms with E-state index in [-0.39, 0.29) is 19.3 Å². The van der Waals surface area contributed by atoms with E-state index < -0.39 is 91.5 Å². The lowest BCUT2D eigenvalue weighted by molar-refractivity contribution is -0.161. The van der Waals surface area contributed by atoms with Gasteiger partial charge in [0.25, 0.3) is 0 Å². The number of aliphatic hydroxyl groups is 2. The summed E-state index contributed by atoms with van der Waals surface area (Å²) in [6.45, 7) is 2.42. The van der Waals surface area contributed by atoms with Crippen LogP contribution in [0.3, 0.4) is 0 Å². The molecule has 16 nitrogen and oxygen atoms in total. The van der Waals surface area contributed by atoms with Gasteiger partial charge in [0.15, 0.2) is 6.10 Å². The smallest absolute Gasteiger partial charge is 0.463 e. The molecular weight excluding hydrogens is 1720 g/mol. The Morgan fingerprint density at radius 2 is 0.370 bits per heavy atom. The number of esters is 3. The van der Waals surface area contributed by atoms with Gasteiger partial charge in [0.2, 0.25) is 0 Å². The number of aliphatic hydroxyl groups excluding tert-OH is 2. The van der Waals surface area contributed by atoms with Crippen molar-refractivity contribution in [2.24, 2.45) is 0 Å².